The molecule has 29 heavy (non-hydrogen) atoms. The predicted octanol–water partition coefficient (Wildman–Crippen LogP) is 6.55. The van der Waals surface area contributed by atoms with Crippen molar-refractivity contribution in [1.29, 1.82) is 0 Å². The fourth-order valence-corrected chi connectivity index (χ4v) is 7.04. The van der Waals surface area contributed by atoms with E-state index in [0.717, 1.165) is 22.0 Å². The number of hydrogen-bond donors (Lipinski definition) is 2. The van der Waals surface area contributed by atoms with Crippen LogP contribution in [0.3, 0.4) is 0 Å². The van der Waals surface area contributed by atoms with E-state index in [4.69, 9.17) is 0 Å². The molecule has 0 aliphatic carbocycles. The first-order valence-corrected chi connectivity index (χ1v) is 13.8. The van der Waals surface area contributed by atoms with Crippen molar-refractivity contribution in [3.8, 4) is 0 Å². The Morgan fingerprint density at radius 1 is 1.17 bits per heavy atom. The van der Waals surface area contributed by atoms with Crippen LogP contribution in [0.15, 0.2) is 60.2 Å². The number of aryl methyl sites for hydroxylation is 1. The van der Waals surface area contributed by atoms with Gasteiger partial charge in [0, 0.05) is 35.8 Å². The largest absolute Gasteiger partial charge is 0.388 e. The lowest BCUT2D eigenvalue weighted by Gasteiger charge is -2.24. The molecule has 1 atom stereocenters. The van der Waals surface area contributed by atoms with Gasteiger partial charge in [0.1, 0.15) is 5.04 Å². The summed E-state index contributed by atoms with van der Waals surface area (Å²) in [4.78, 5) is 4.53. The van der Waals surface area contributed by atoms with E-state index in [2.05, 4.69) is 98.4 Å². The van der Waals surface area contributed by atoms with E-state index in [9.17, 15) is 0 Å². The van der Waals surface area contributed by atoms with Crippen LogP contribution in [0, 0.1) is 6.92 Å². The minimum atomic E-state index is -0.388. The average molecular weight is 446 g/mol. The summed E-state index contributed by atoms with van der Waals surface area (Å²) in [6.45, 7) is 14.8. The molecular weight excluding hydrogens is 413 g/mol. The molecule has 0 heterocycles. The van der Waals surface area contributed by atoms with Gasteiger partial charge in [-0.15, -0.1) is 11.8 Å². The fourth-order valence-electron chi connectivity index (χ4n) is 2.51. The van der Waals surface area contributed by atoms with E-state index >= 15 is 0 Å². The molecule has 0 radical (unpaired) electrons. The van der Waals surface area contributed by atoms with Gasteiger partial charge in [-0.2, -0.15) is 0 Å². The van der Waals surface area contributed by atoms with Crippen LogP contribution in [0.5, 0.6) is 0 Å². The zero-order valence-corrected chi connectivity index (χ0v) is 20.8. The first-order valence-electron chi connectivity index (χ1n) is 9.60. The number of rotatable bonds is 8. The van der Waals surface area contributed by atoms with Crippen molar-refractivity contribution >= 4 is 46.5 Å². The summed E-state index contributed by atoms with van der Waals surface area (Å²) < 4.78 is 3.58. The maximum Gasteiger partial charge on any atom is 0.103 e. The van der Waals surface area contributed by atoms with E-state index in [0.29, 0.717) is 0 Å². The van der Waals surface area contributed by atoms with Gasteiger partial charge in [-0.25, -0.2) is 4.99 Å². The number of anilines is 1. The Kier molecular flexibility index (Phi) is 9.29. The number of hydrogen-bond acceptors (Lipinski definition) is 5. The van der Waals surface area contributed by atoms with Crippen LogP contribution in [0.4, 0.5) is 5.69 Å². The zero-order chi connectivity index (χ0) is 21.4. The van der Waals surface area contributed by atoms with Crippen molar-refractivity contribution in [2.75, 3.05) is 19.0 Å². The number of nitrogens with one attached hydrogen (secondary N) is 2. The topological polar surface area (TPSA) is 36.4 Å². The van der Waals surface area contributed by atoms with E-state index in [1.807, 2.05) is 18.6 Å². The Bertz CT molecular complexity index is 842. The molecule has 156 valence electrons. The van der Waals surface area contributed by atoms with Crippen molar-refractivity contribution in [1.82, 2.24) is 4.72 Å². The Hall–Kier alpha value is -1.26. The summed E-state index contributed by atoms with van der Waals surface area (Å²) in [5.74, 6) is 0.878. The van der Waals surface area contributed by atoms with Gasteiger partial charge in [-0.3, -0.25) is 4.72 Å². The monoisotopic (exact) mass is 445 g/mol. The van der Waals surface area contributed by atoms with Gasteiger partial charge >= 0.3 is 0 Å². The lowest BCUT2D eigenvalue weighted by molar-refractivity contribution is 0.537. The van der Waals surface area contributed by atoms with Crippen molar-refractivity contribution in [3.63, 3.8) is 0 Å². The highest BCUT2D eigenvalue weighted by Gasteiger charge is 2.17. The highest BCUT2D eigenvalue weighted by molar-refractivity contribution is 8.56. The van der Waals surface area contributed by atoms with E-state index in [1.54, 1.807) is 18.0 Å². The molecule has 2 rings (SSSR count). The molecule has 2 aromatic carbocycles. The standard InChI is InChI=1S/C23H32N3PS2/c1-8-25-22(18-11-9-17(2)10-12-18)28-16-19-13-14-20(24-6)15-21(19)27(7)29-26-23(3,4)5/h8-15,24,26H,1,16H2,2-7H3/b25-22-. The van der Waals surface area contributed by atoms with Crippen LogP contribution in [-0.2, 0) is 5.75 Å². The summed E-state index contributed by atoms with van der Waals surface area (Å²) in [5, 5.41) is 5.68. The second-order valence-corrected chi connectivity index (χ2v) is 12.8. The SMILES string of the molecule is C=C/N=C(\SCc1ccc(NC)cc1P(C)SNC(C)(C)C)c1ccc(C)cc1. The molecule has 0 fully saturated rings. The van der Waals surface area contributed by atoms with Gasteiger partial charge in [0.15, 0.2) is 0 Å². The maximum absolute atomic E-state index is 4.53. The molecule has 3 nitrogen and oxygen atoms in total. The highest BCUT2D eigenvalue weighted by atomic mass is 32.7. The third-order valence-corrected chi connectivity index (χ3v) is 8.90. The van der Waals surface area contributed by atoms with Crippen molar-refractivity contribution in [2.45, 2.75) is 39.0 Å². The summed E-state index contributed by atoms with van der Waals surface area (Å²) in [7, 11) is 1.58. The van der Waals surface area contributed by atoms with Crippen LogP contribution in [-0.4, -0.2) is 24.3 Å². The minimum Gasteiger partial charge on any atom is -0.388 e. The Morgan fingerprint density at radius 2 is 1.86 bits per heavy atom. The normalized spacial score (nSPS) is 13.2. The van der Waals surface area contributed by atoms with Gasteiger partial charge in [0.2, 0.25) is 0 Å². The molecule has 1 unspecified atom stereocenters. The van der Waals surface area contributed by atoms with Gasteiger partial charge in [-0.1, -0.05) is 42.5 Å². The lowest BCUT2D eigenvalue weighted by Crippen LogP contribution is -2.30. The second kappa shape index (κ2) is 11.2. The predicted molar refractivity (Wildman–Crippen MR) is 138 cm³/mol. The van der Waals surface area contributed by atoms with Crippen LogP contribution in [0.2, 0.25) is 0 Å². The van der Waals surface area contributed by atoms with Crippen LogP contribution < -0.4 is 15.3 Å². The summed E-state index contributed by atoms with van der Waals surface area (Å²) in [5.41, 5.74) is 4.98. The van der Waals surface area contributed by atoms with Crippen LogP contribution in [0.25, 0.3) is 0 Å². The molecule has 0 bridgehead atoms. The Morgan fingerprint density at radius 3 is 2.45 bits per heavy atom. The first-order chi connectivity index (χ1) is 13.7. The van der Waals surface area contributed by atoms with Crippen LogP contribution >= 0.6 is 30.5 Å². The smallest absolute Gasteiger partial charge is 0.103 e. The number of nitrogens with zero attached hydrogens (tertiary/aromatic N) is 1. The number of aliphatic imine (C=N–C) groups is 1. The van der Waals surface area contributed by atoms with Gasteiger partial charge in [-0.05, 0) is 76.1 Å². The molecule has 6 heteroatoms. The van der Waals surface area contributed by atoms with Crippen molar-refractivity contribution < 1.29 is 0 Å². The Balaban J connectivity index is 2.23. The highest BCUT2D eigenvalue weighted by Crippen LogP contribution is 2.45. The molecule has 0 aliphatic rings. The van der Waals surface area contributed by atoms with E-state index in [-0.39, 0.29) is 12.7 Å². The third kappa shape index (κ3) is 7.82. The zero-order valence-electron chi connectivity index (χ0n) is 18.2. The lowest BCUT2D eigenvalue weighted by atomic mass is 10.1. The van der Waals surface area contributed by atoms with E-state index < -0.39 is 0 Å². The average Bonchev–Trinajstić information content (AvgIpc) is 2.69. The quantitative estimate of drug-likeness (QED) is 0.209. The summed E-state index contributed by atoms with van der Waals surface area (Å²) in [6, 6.07) is 15.2. The maximum atomic E-state index is 4.53. The molecule has 2 aromatic rings. The second-order valence-electron chi connectivity index (χ2n) is 7.81. The number of benzene rings is 2. The molecule has 0 spiro atoms. The fraction of sp³-hybridized carbons (Fsp3) is 0.348. The van der Waals surface area contributed by atoms with Gasteiger partial charge in [0.25, 0.3) is 0 Å². The van der Waals surface area contributed by atoms with Crippen molar-refractivity contribution in [2.24, 2.45) is 4.99 Å². The first kappa shape index (κ1) is 24.0. The van der Waals surface area contributed by atoms with Gasteiger partial charge < -0.3 is 5.32 Å². The molecule has 0 aromatic heterocycles. The number of thioether (sulfide) groups is 1. The molecule has 0 amide bonds. The molecule has 0 saturated carbocycles. The molecular formula is C23H32N3PS2. The van der Waals surface area contributed by atoms with E-state index in [1.165, 1.54) is 16.4 Å². The molecule has 2 N–H and O–H groups in total. The molecule has 0 saturated heterocycles. The van der Waals surface area contributed by atoms with Crippen LogP contribution in [0.1, 0.15) is 37.5 Å². The summed E-state index contributed by atoms with van der Waals surface area (Å²) in [6.07, 6.45) is 1.63. The summed E-state index contributed by atoms with van der Waals surface area (Å²) >= 11 is 3.61. The van der Waals surface area contributed by atoms with Crippen molar-refractivity contribution in [3.05, 3.63) is 71.9 Å². The minimum absolute atomic E-state index is 0.0893. The van der Waals surface area contributed by atoms with Gasteiger partial charge in [0.05, 0.1) is 0 Å². The molecule has 0 aliphatic heterocycles. The Labute approximate surface area is 185 Å². The third-order valence-electron chi connectivity index (χ3n) is 4.07.